The van der Waals surface area contributed by atoms with Crippen molar-refractivity contribution in [2.24, 2.45) is 17.8 Å². The van der Waals surface area contributed by atoms with Crippen LogP contribution in [0.3, 0.4) is 0 Å². The first-order chi connectivity index (χ1) is 7.17. The zero-order chi connectivity index (χ0) is 11.7. The van der Waals surface area contributed by atoms with Gasteiger partial charge in [-0.2, -0.15) is 0 Å². The van der Waals surface area contributed by atoms with Crippen molar-refractivity contribution in [3.8, 4) is 0 Å². The summed E-state index contributed by atoms with van der Waals surface area (Å²) in [5.74, 6) is 2.80. The number of hydrogen-bond donors (Lipinski definition) is 0. The molecule has 2 unspecified atom stereocenters. The van der Waals surface area contributed by atoms with Gasteiger partial charge < -0.3 is 0 Å². The monoisotopic (exact) mass is 212 g/mol. The van der Waals surface area contributed by atoms with Crippen molar-refractivity contribution in [2.75, 3.05) is 0 Å². The molecule has 92 valence electrons. The fraction of sp³-hybridized carbons (Fsp3) is 1.00. The van der Waals surface area contributed by atoms with Crippen molar-refractivity contribution in [3.63, 3.8) is 0 Å². The first-order valence-electron chi connectivity index (χ1n) is 7.17. The highest BCUT2D eigenvalue weighted by molar-refractivity contribution is 4.71. The van der Waals surface area contributed by atoms with Gasteiger partial charge in [-0.25, -0.2) is 0 Å². The van der Waals surface area contributed by atoms with Crippen LogP contribution in [0, 0.1) is 17.8 Å². The summed E-state index contributed by atoms with van der Waals surface area (Å²) in [6.07, 6.45) is 9.89. The fourth-order valence-corrected chi connectivity index (χ4v) is 2.90. The van der Waals surface area contributed by atoms with Gasteiger partial charge in [0.15, 0.2) is 0 Å². The van der Waals surface area contributed by atoms with Crippen molar-refractivity contribution in [1.29, 1.82) is 0 Å². The molecule has 0 heteroatoms. The van der Waals surface area contributed by atoms with Crippen LogP contribution in [0.2, 0.25) is 0 Å². The van der Waals surface area contributed by atoms with E-state index in [2.05, 4.69) is 34.6 Å². The van der Waals surface area contributed by atoms with Crippen LogP contribution in [0.15, 0.2) is 0 Å². The van der Waals surface area contributed by atoms with E-state index in [1.807, 2.05) is 0 Å². The molecule has 0 nitrogen and oxygen atoms in total. The molecule has 0 saturated carbocycles. The van der Waals surface area contributed by atoms with Crippen LogP contribution in [0.25, 0.3) is 0 Å². The summed E-state index contributed by atoms with van der Waals surface area (Å²) in [6, 6.07) is 0. The van der Waals surface area contributed by atoms with Gasteiger partial charge in [0.2, 0.25) is 0 Å². The van der Waals surface area contributed by atoms with Gasteiger partial charge in [0.1, 0.15) is 0 Å². The van der Waals surface area contributed by atoms with Crippen molar-refractivity contribution >= 4 is 0 Å². The Balaban J connectivity index is 3.87. The average Bonchev–Trinajstić information content (AvgIpc) is 2.22. The lowest BCUT2D eigenvalue weighted by molar-refractivity contribution is 0.221. The molecule has 2 atom stereocenters. The normalized spacial score (nSPS) is 15.6. The van der Waals surface area contributed by atoms with Gasteiger partial charge >= 0.3 is 0 Å². The van der Waals surface area contributed by atoms with Gasteiger partial charge in [-0.3, -0.25) is 0 Å². The zero-order valence-corrected chi connectivity index (χ0v) is 11.7. The van der Waals surface area contributed by atoms with Gasteiger partial charge in [0.25, 0.3) is 0 Å². The molecule has 0 spiro atoms. The molecule has 0 amide bonds. The Morgan fingerprint density at radius 1 is 0.800 bits per heavy atom. The molecule has 0 saturated heterocycles. The third-order valence-electron chi connectivity index (χ3n) is 3.89. The molecule has 0 aliphatic rings. The first-order valence-corrected chi connectivity index (χ1v) is 7.17. The topological polar surface area (TPSA) is 0 Å². The van der Waals surface area contributed by atoms with E-state index < -0.39 is 0 Å². The highest BCUT2D eigenvalue weighted by Crippen LogP contribution is 2.30. The number of unbranched alkanes of at least 4 members (excludes halogenated alkanes) is 3. The Bertz CT molecular complexity index is 126. The van der Waals surface area contributed by atoms with Crippen LogP contribution in [0.5, 0.6) is 0 Å². The Morgan fingerprint density at radius 2 is 1.47 bits per heavy atom. The van der Waals surface area contributed by atoms with Crippen molar-refractivity contribution < 1.29 is 0 Å². The predicted octanol–water partition coefficient (Wildman–Crippen LogP) is 5.67. The molecule has 0 aliphatic heterocycles. The Hall–Kier alpha value is 0. The molecule has 0 radical (unpaired) electrons. The Kier molecular flexibility index (Phi) is 9.24. The van der Waals surface area contributed by atoms with E-state index in [1.54, 1.807) is 0 Å². The maximum absolute atomic E-state index is 2.39. The van der Waals surface area contributed by atoms with Gasteiger partial charge in [-0.1, -0.05) is 79.6 Å². The minimum Gasteiger partial charge on any atom is -0.0654 e. The van der Waals surface area contributed by atoms with Gasteiger partial charge in [-0.15, -0.1) is 0 Å². The molecule has 0 rings (SSSR count). The minimum absolute atomic E-state index is 0.867. The third kappa shape index (κ3) is 6.22. The second kappa shape index (κ2) is 9.24. The molecule has 0 aromatic heterocycles. The van der Waals surface area contributed by atoms with E-state index >= 15 is 0 Å². The molecule has 0 bridgehead atoms. The van der Waals surface area contributed by atoms with E-state index in [0.29, 0.717) is 0 Å². The van der Waals surface area contributed by atoms with E-state index in [0.717, 1.165) is 17.8 Å². The summed E-state index contributed by atoms with van der Waals surface area (Å²) in [6.45, 7) is 11.8. The molecule has 0 fully saturated rings. The first kappa shape index (κ1) is 15.0. The van der Waals surface area contributed by atoms with E-state index in [-0.39, 0.29) is 0 Å². The maximum Gasteiger partial charge on any atom is -0.0365 e. The SMILES string of the molecule is CCCCCCC(CC)C(CC)C(C)C. The quantitative estimate of drug-likeness (QED) is 0.432. The highest BCUT2D eigenvalue weighted by atomic mass is 14.3. The molecule has 0 heterocycles. The van der Waals surface area contributed by atoms with Crippen LogP contribution < -0.4 is 0 Å². The largest absolute Gasteiger partial charge is 0.0654 e. The fourth-order valence-electron chi connectivity index (χ4n) is 2.90. The highest BCUT2D eigenvalue weighted by Gasteiger charge is 2.20. The lowest BCUT2D eigenvalue weighted by Crippen LogP contribution is -2.19. The zero-order valence-electron chi connectivity index (χ0n) is 11.7. The van der Waals surface area contributed by atoms with E-state index in [1.165, 1.54) is 44.9 Å². The number of hydrogen-bond acceptors (Lipinski definition) is 0. The van der Waals surface area contributed by atoms with Crippen LogP contribution in [0.4, 0.5) is 0 Å². The van der Waals surface area contributed by atoms with E-state index in [9.17, 15) is 0 Å². The number of rotatable bonds is 9. The standard InChI is InChI=1S/C15H32/c1-6-9-10-11-12-14(7-2)15(8-3)13(4)5/h13-15H,6-12H2,1-5H3. The summed E-state index contributed by atoms with van der Waals surface area (Å²) in [5.41, 5.74) is 0. The van der Waals surface area contributed by atoms with Crippen LogP contribution in [-0.4, -0.2) is 0 Å². The third-order valence-corrected chi connectivity index (χ3v) is 3.89. The molecular formula is C15H32. The van der Waals surface area contributed by atoms with Crippen molar-refractivity contribution in [2.45, 2.75) is 79.6 Å². The summed E-state index contributed by atoms with van der Waals surface area (Å²) >= 11 is 0. The lowest BCUT2D eigenvalue weighted by Gasteiger charge is -2.28. The lowest BCUT2D eigenvalue weighted by atomic mass is 9.77. The van der Waals surface area contributed by atoms with Crippen molar-refractivity contribution in [1.82, 2.24) is 0 Å². The Labute approximate surface area is 97.8 Å². The van der Waals surface area contributed by atoms with Crippen LogP contribution >= 0.6 is 0 Å². The van der Waals surface area contributed by atoms with Crippen LogP contribution in [0.1, 0.15) is 79.6 Å². The Morgan fingerprint density at radius 3 is 1.87 bits per heavy atom. The summed E-state index contributed by atoms with van der Waals surface area (Å²) in [5, 5.41) is 0. The second-order valence-corrected chi connectivity index (χ2v) is 5.33. The second-order valence-electron chi connectivity index (χ2n) is 5.33. The van der Waals surface area contributed by atoms with Gasteiger partial charge in [0.05, 0.1) is 0 Å². The van der Waals surface area contributed by atoms with Crippen LogP contribution in [-0.2, 0) is 0 Å². The summed E-state index contributed by atoms with van der Waals surface area (Å²) in [4.78, 5) is 0. The molecule has 15 heavy (non-hydrogen) atoms. The molecule has 0 N–H and O–H groups in total. The summed E-state index contributed by atoms with van der Waals surface area (Å²) in [7, 11) is 0. The van der Waals surface area contributed by atoms with Gasteiger partial charge in [-0.05, 0) is 17.8 Å². The molecule has 0 aromatic carbocycles. The molecule has 0 aromatic rings. The molecule has 0 aliphatic carbocycles. The van der Waals surface area contributed by atoms with E-state index in [4.69, 9.17) is 0 Å². The smallest absolute Gasteiger partial charge is 0.0365 e. The predicted molar refractivity (Wildman–Crippen MR) is 71.2 cm³/mol. The van der Waals surface area contributed by atoms with Gasteiger partial charge in [0, 0.05) is 0 Å². The minimum atomic E-state index is 0.867. The maximum atomic E-state index is 2.39. The average molecular weight is 212 g/mol. The van der Waals surface area contributed by atoms with Crippen molar-refractivity contribution in [3.05, 3.63) is 0 Å². The molecular weight excluding hydrogens is 180 g/mol. The summed E-state index contributed by atoms with van der Waals surface area (Å²) < 4.78 is 0.